The van der Waals surface area contributed by atoms with Gasteiger partial charge in [-0.15, -0.1) is 0 Å². The van der Waals surface area contributed by atoms with E-state index < -0.39 is 11.8 Å². The van der Waals surface area contributed by atoms with Crippen molar-refractivity contribution in [3.8, 4) is 5.69 Å². The molecule has 0 amide bonds. The van der Waals surface area contributed by atoms with Gasteiger partial charge in [-0.05, 0) is 34.1 Å². The summed E-state index contributed by atoms with van der Waals surface area (Å²) in [5, 5.41) is 9.24. The highest BCUT2D eigenvalue weighted by Crippen LogP contribution is 2.27. The van der Waals surface area contributed by atoms with Gasteiger partial charge in [-0.2, -0.15) is 0 Å². The van der Waals surface area contributed by atoms with E-state index in [1.807, 2.05) is 0 Å². The average molecular weight is 319 g/mol. The highest BCUT2D eigenvalue weighted by atomic mass is 79.9. The van der Waals surface area contributed by atoms with Gasteiger partial charge in [0.25, 0.3) is 0 Å². The Kier molecular flexibility index (Phi) is 3.22. The predicted molar refractivity (Wildman–Crippen MR) is 65.4 cm³/mol. The minimum absolute atomic E-state index is 0.0965. The fourth-order valence-electron chi connectivity index (χ4n) is 1.50. The van der Waals surface area contributed by atoms with Crippen LogP contribution in [0.5, 0.6) is 0 Å². The van der Waals surface area contributed by atoms with Crippen LogP contribution in [0, 0.1) is 5.82 Å². The van der Waals surface area contributed by atoms with Gasteiger partial charge in [-0.25, -0.2) is 9.18 Å². The third-order valence-electron chi connectivity index (χ3n) is 2.18. The van der Waals surface area contributed by atoms with Crippen molar-refractivity contribution in [3.63, 3.8) is 0 Å². The zero-order valence-corrected chi connectivity index (χ0v) is 10.7. The Morgan fingerprint density at radius 2 is 2.18 bits per heavy atom. The molecule has 0 radical (unpaired) electrons. The van der Waals surface area contributed by atoms with Gasteiger partial charge in [0.2, 0.25) is 0 Å². The molecule has 0 unspecified atom stereocenters. The lowest BCUT2D eigenvalue weighted by molar-refractivity contribution is 0.0688. The number of halogens is 3. The quantitative estimate of drug-likeness (QED) is 0.916. The number of carbonyl (C=O) groups is 1. The van der Waals surface area contributed by atoms with E-state index >= 15 is 0 Å². The summed E-state index contributed by atoms with van der Waals surface area (Å²) in [6.45, 7) is 0. The molecule has 17 heavy (non-hydrogen) atoms. The Morgan fingerprint density at radius 3 is 2.76 bits per heavy atom. The number of hydrogen-bond donors (Lipinski definition) is 1. The molecule has 2 aromatic rings. The first kappa shape index (κ1) is 12.1. The third-order valence-corrected chi connectivity index (χ3v) is 3.03. The van der Waals surface area contributed by atoms with E-state index in [-0.39, 0.29) is 16.4 Å². The van der Waals surface area contributed by atoms with E-state index in [0.29, 0.717) is 4.47 Å². The van der Waals surface area contributed by atoms with Crippen molar-refractivity contribution in [2.75, 3.05) is 0 Å². The molecule has 0 spiro atoms. The SMILES string of the molecule is O=C(O)c1cc(Cl)cn1-c1c(F)cccc1Br. The van der Waals surface area contributed by atoms with Gasteiger partial charge >= 0.3 is 5.97 Å². The van der Waals surface area contributed by atoms with Crippen molar-refractivity contribution in [2.24, 2.45) is 0 Å². The summed E-state index contributed by atoms with van der Waals surface area (Å²) in [6, 6.07) is 5.66. The first-order valence-corrected chi connectivity index (χ1v) is 5.73. The fraction of sp³-hybridized carbons (Fsp3) is 0. The van der Waals surface area contributed by atoms with Gasteiger partial charge in [0.15, 0.2) is 0 Å². The van der Waals surface area contributed by atoms with Gasteiger partial charge in [-0.1, -0.05) is 17.7 Å². The van der Waals surface area contributed by atoms with Crippen LogP contribution in [0.15, 0.2) is 34.9 Å². The first-order valence-electron chi connectivity index (χ1n) is 4.56. The second-order valence-corrected chi connectivity index (χ2v) is 4.58. The van der Waals surface area contributed by atoms with E-state index in [9.17, 15) is 9.18 Å². The molecule has 1 heterocycles. The molecule has 1 N–H and O–H groups in total. The highest BCUT2D eigenvalue weighted by molar-refractivity contribution is 9.10. The number of nitrogens with zero attached hydrogens (tertiary/aromatic N) is 1. The smallest absolute Gasteiger partial charge is 0.352 e. The molecular formula is C11H6BrClFNO2. The molecule has 1 aromatic heterocycles. The molecule has 2 rings (SSSR count). The number of carboxylic acids is 1. The molecule has 0 saturated heterocycles. The normalized spacial score (nSPS) is 10.5. The standard InChI is InChI=1S/C11H6BrClFNO2/c12-7-2-1-3-8(14)10(7)15-5-6(13)4-9(15)11(16)17/h1-5H,(H,16,17). The molecule has 3 nitrogen and oxygen atoms in total. The third kappa shape index (κ3) is 2.21. The summed E-state index contributed by atoms with van der Waals surface area (Å²) < 4.78 is 15.4. The first-order chi connectivity index (χ1) is 8.00. The molecule has 0 aliphatic heterocycles. The predicted octanol–water partition coefficient (Wildman–Crippen LogP) is 3.73. The van der Waals surface area contributed by atoms with E-state index in [2.05, 4.69) is 15.9 Å². The minimum Gasteiger partial charge on any atom is -0.477 e. The molecular weight excluding hydrogens is 312 g/mol. The molecule has 0 atom stereocenters. The van der Waals surface area contributed by atoms with Crippen LogP contribution in [0.2, 0.25) is 5.02 Å². The molecule has 1 aromatic carbocycles. The number of hydrogen-bond acceptors (Lipinski definition) is 1. The lowest BCUT2D eigenvalue weighted by atomic mass is 10.3. The summed E-state index contributed by atoms with van der Waals surface area (Å²) in [7, 11) is 0. The Bertz CT molecular complexity index is 577. The van der Waals surface area contributed by atoms with Crippen LogP contribution >= 0.6 is 27.5 Å². The molecule has 88 valence electrons. The number of rotatable bonds is 2. The van der Waals surface area contributed by atoms with Crippen LogP contribution in [0.3, 0.4) is 0 Å². The summed E-state index contributed by atoms with van der Waals surface area (Å²) in [5.74, 6) is -1.71. The van der Waals surface area contributed by atoms with Gasteiger partial charge in [-0.3, -0.25) is 0 Å². The van der Waals surface area contributed by atoms with Crippen molar-refractivity contribution in [3.05, 3.63) is 51.5 Å². The van der Waals surface area contributed by atoms with Crippen molar-refractivity contribution < 1.29 is 14.3 Å². The fourth-order valence-corrected chi connectivity index (χ4v) is 2.23. The van der Waals surface area contributed by atoms with Crippen LogP contribution in [-0.4, -0.2) is 15.6 Å². The van der Waals surface area contributed by atoms with Crippen molar-refractivity contribution >= 4 is 33.5 Å². The van der Waals surface area contributed by atoms with E-state index in [4.69, 9.17) is 16.7 Å². The number of para-hydroxylation sites is 1. The van der Waals surface area contributed by atoms with Gasteiger partial charge in [0.05, 0.1) is 10.7 Å². The lowest BCUT2D eigenvalue weighted by Gasteiger charge is -2.09. The highest BCUT2D eigenvalue weighted by Gasteiger charge is 2.17. The largest absolute Gasteiger partial charge is 0.477 e. The molecule has 0 aliphatic rings. The van der Waals surface area contributed by atoms with E-state index in [1.54, 1.807) is 6.07 Å². The van der Waals surface area contributed by atoms with Crippen LogP contribution < -0.4 is 0 Å². The number of carboxylic acid groups (broad SMARTS) is 1. The maximum absolute atomic E-state index is 13.7. The van der Waals surface area contributed by atoms with Crippen LogP contribution in [0.4, 0.5) is 4.39 Å². The number of aromatic carboxylic acids is 1. The maximum Gasteiger partial charge on any atom is 0.352 e. The monoisotopic (exact) mass is 317 g/mol. The van der Waals surface area contributed by atoms with E-state index in [1.165, 1.54) is 29.0 Å². The zero-order valence-electron chi connectivity index (χ0n) is 8.32. The molecule has 0 aliphatic carbocycles. The average Bonchev–Trinajstić information content (AvgIpc) is 2.60. The Balaban J connectivity index is 2.72. The van der Waals surface area contributed by atoms with E-state index in [0.717, 1.165) is 0 Å². The van der Waals surface area contributed by atoms with Gasteiger partial charge < -0.3 is 9.67 Å². The second kappa shape index (κ2) is 4.50. The minimum atomic E-state index is -1.17. The Labute approximate surface area is 110 Å². The summed E-state index contributed by atoms with van der Waals surface area (Å²) in [4.78, 5) is 11.0. The van der Waals surface area contributed by atoms with Gasteiger partial charge in [0, 0.05) is 10.7 Å². The maximum atomic E-state index is 13.7. The van der Waals surface area contributed by atoms with Crippen molar-refractivity contribution in [2.45, 2.75) is 0 Å². The Morgan fingerprint density at radius 1 is 1.47 bits per heavy atom. The zero-order chi connectivity index (χ0) is 12.6. The molecule has 0 fully saturated rings. The topological polar surface area (TPSA) is 42.2 Å². The summed E-state index contributed by atoms with van der Waals surface area (Å²) in [6.07, 6.45) is 1.36. The summed E-state index contributed by atoms with van der Waals surface area (Å²) >= 11 is 8.92. The summed E-state index contributed by atoms with van der Waals surface area (Å²) in [5.41, 5.74) is 0.0256. The van der Waals surface area contributed by atoms with Crippen molar-refractivity contribution in [1.82, 2.24) is 4.57 Å². The lowest BCUT2D eigenvalue weighted by Crippen LogP contribution is -2.07. The van der Waals surface area contributed by atoms with Crippen LogP contribution in [0.25, 0.3) is 5.69 Å². The van der Waals surface area contributed by atoms with Crippen LogP contribution in [0.1, 0.15) is 10.5 Å². The molecule has 0 bridgehead atoms. The van der Waals surface area contributed by atoms with Crippen molar-refractivity contribution in [1.29, 1.82) is 0 Å². The second-order valence-electron chi connectivity index (χ2n) is 3.29. The van der Waals surface area contributed by atoms with Gasteiger partial charge in [0.1, 0.15) is 11.5 Å². The molecule has 0 saturated carbocycles. The molecule has 6 heteroatoms. The number of benzene rings is 1. The van der Waals surface area contributed by atoms with Crippen LogP contribution in [-0.2, 0) is 0 Å². The number of aromatic nitrogens is 1. The Hall–Kier alpha value is -1.33.